The van der Waals surface area contributed by atoms with Crippen molar-refractivity contribution in [1.82, 2.24) is 24.4 Å². The SMILES string of the molecule is CC(C)(C)OC(=O)c1ccc2nc(CN3CCC(c4cccc(OCc5cc6ccccc6cn5)n4)CC3)n(CC3=CCO3)c2c1. The monoisotopic (exact) mass is 617 g/mol. The van der Waals surface area contributed by atoms with E-state index in [1.165, 1.54) is 0 Å². The topological polar surface area (TPSA) is 91.6 Å². The van der Waals surface area contributed by atoms with Crippen LogP contribution in [0.1, 0.15) is 67.1 Å². The third-order valence-corrected chi connectivity index (χ3v) is 8.53. The second-order valence-electron chi connectivity index (χ2n) is 13.1. The Morgan fingerprint density at radius 3 is 2.52 bits per heavy atom. The average molecular weight is 618 g/mol. The number of ether oxygens (including phenoxy) is 3. The minimum Gasteiger partial charge on any atom is -0.492 e. The van der Waals surface area contributed by atoms with Crippen molar-refractivity contribution in [3.8, 4) is 5.88 Å². The molecule has 0 spiro atoms. The molecule has 2 aromatic carbocycles. The molecule has 3 aromatic heterocycles. The Labute approximate surface area is 268 Å². The number of allylic oxidation sites excluding steroid dienone is 1. The van der Waals surface area contributed by atoms with Crippen LogP contribution in [-0.4, -0.2) is 55.7 Å². The zero-order valence-corrected chi connectivity index (χ0v) is 26.6. The van der Waals surface area contributed by atoms with Crippen LogP contribution in [0.3, 0.4) is 0 Å². The molecule has 1 fully saturated rings. The number of hydrogen-bond acceptors (Lipinski definition) is 8. The van der Waals surface area contributed by atoms with Crippen LogP contribution in [0.15, 0.2) is 84.8 Å². The number of piperidine rings is 1. The summed E-state index contributed by atoms with van der Waals surface area (Å²) in [5.74, 6) is 2.54. The van der Waals surface area contributed by atoms with Gasteiger partial charge in [0.25, 0.3) is 0 Å². The lowest BCUT2D eigenvalue weighted by atomic mass is 9.93. The van der Waals surface area contributed by atoms with Crippen LogP contribution in [0.2, 0.25) is 0 Å². The van der Waals surface area contributed by atoms with Gasteiger partial charge in [0.05, 0.1) is 35.4 Å². The van der Waals surface area contributed by atoms with E-state index in [-0.39, 0.29) is 5.97 Å². The van der Waals surface area contributed by atoms with E-state index < -0.39 is 5.60 Å². The summed E-state index contributed by atoms with van der Waals surface area (Å²) < 4.78 is 19.5. The molecule has 0 atom stereocenters. The predicted molar refractivity (Wildman–Crippen MR) is 177 cm³/mol. The van der Waals surface area contributed by atoms with Crippen LogP contribution in [-0.2, 0) is 29.2 Å². The third-order valence-electron chi connectivity index (χ3n) is 8.53. The zero-order chi connectivity index (χ0) is 31.7. The Kier molecular flexibility index (Phi) is 8.17. The van der Waals surface area contributed by atoms with Crippen molar-refractivity contribution in [1.29, 1.82) is 0 Å². The summed E-state index contributed by atoms with van der Waals surface area (Å²) in [6, 6.07) is 21.9. The van der Waals surface area contributed by atoms with Crippen LogP contribution in [0, 0.1) is 0 Å². The normalized spacial score (nSPS) is 15.8. The van der Waals surface area contributed by atoms with Gasteiger partial charge >= 0.3 is 5.97 Å². The number of rotatable bonds is 9. The van der Waals surface area contributed by atoms with Gasteiger partial charge in [-0.05, 0) is 88.5 Å². The predicted octanol–water partition coefficient (Wildman–Crippen LogP) is 6.81. The van der Waals surface area contributed by atoms with Crippen molar-refractivity contribution >= 4 is 27.8 Å². The lowest BCUT2D eigenvalue weighted by Gasteiger charge is -2.31. The molecule has 0 aliphatic carbocycles. The van der Waals surface area contributed by atoms with E-state index >= 15 is 0 Å². The van der Waals surface area contributed by atoms with Crippen LogP contribution < -0.4 is 4.74 Å². The number of pyridine rings is 2. The molecule has 236 valence electrons. The van der Waals surface area contributed by atoms with E-state index in [4.69, 9.17) is 24.2 Å². The second-order valence-corrected chi connectivity index (χ2v) is 13.1. The van der Waals surface area contributed by atoms with Gasteiger partial charge in [-0.3, -0.25) is 9.88 Å². The summed E-state index contributed by atoms with van der Waals surface area (Å²) in [5.41, 5.74) is 3.67. The fourth-order valence-electron chi connectivity index (χ4n) is 6.08. The molecular formula is C37H39N5O4. The first-order valence-electron chi connectivity index (χ1n) is 16.0. The molecule has 0 saturated carbocycles. The molecule has 46 heavy (non-hydrogen) atoms. The molecule has 0 N–H and O–H groups in total. The number of likely N-dealkylation sites (tertiary alicyclic amines) is 1. The number of hydrogen-bond donors (Lipinski definition) is 0. The van der Waals surface area contributed by atoms with Crippen molar-refractivity contribution in [2.45, 2.75) is 64.8 Å². The molecule has 0 unspecified atom stereocenters. The first kappa shape index (κ1) is 29.9. The van der Waals surface area contributed by atoms with Crippen LogP contribution in [0.25, 0.3) is 21.8 Å². The number of esters is 1. The van der Waals surface area contributed by atoms with Crippen LogP contribution in [0.5, 0.6) is 5.88 Å². The molecule has 5 heterocycles. The van der Waals surface area contributed by atoms with Gasteiger partial charge in [-0.1, -0.05) is 30.3 Å². The molecule has 0 amide bonds. The maximum atomic E-state index is 12.8. The maximum absolute atomic E-state index is 12.8. The van der Waals surface area contributed by atoms with Gasteiger partial charge in [0.2, 0.25) is 5.88 Å². The van der Waals surface area contributed by atoms with E-state index in [1.807, 2.05) is 63.4 Å². The highest BCUT2D eigenvalue weighted by Gasteiger charge is 2.25. The van der Waals surface area contributed by atoms with Gasteiger partial charge in [0.1, 0.15) is 30.4 Å². The first-order chi connectivity index (χ1) is 22.3. The van der Waals surface area contributed by atoms with Crippen molar-refractivity contribution < 1.29 is 19.0 Å². The molecule has 2 aliphatic rings. The molecule has 7 rings (SSSR count). The fraction of sp³-hybridized carbons (Fsp3) is 0.351. The average Bonchev–Trinajstić information content (AvgIpc) is 3.37. The van der Waals surface area contributed by atoms with Crippen LogP contribution >= 0.6 is 0 Å². The molecule has 0 bridgehead atoms. The molecule has 1 saturated heterocycles. The maximum Gasteiger partial charge on any atom is 0.338 e. The summed E-state index contributed by atoms with van der Waals surface area (Å²) in [6.45, 7) is 9.81. The lowest BCUT2D eigenvalue weighted by Crippen LogP contribution is -2.33. The van der Waals surface area contributed by atoms with Gasteiger partial charge in [-0.2, -0.15) is 0 Å². The first-order valence-corrected chi connectivity index (χ1v) is 16.0. The second kappa shape index (κ2) is 12.6. The number of imidazole rings is 1. The lowest BCUT2D eigenvalue weighted by molar-refractivity contribution is 0.00696. The van der Waals surface area contributed by atoms with Gasteiger partial charge in [-0.15, -0.1) is 0 Å². The Bertz CT molecular complexity index is 1920. The fourth-order valence-corrected chi connectivity index (χ4v) is 6.08. The van der Waals surface area contributed by atoms with Crippen molar-refractivity contribution in [3.63, 3.8) is 0 Å². The Morgan fingerprint density at radius 2 is 1.76 bits per heavy atom. The Balaban J connectivity index is 1.01. The van der Waals surface area contributed by atoms with Crippen molar-refractivity contribution in [2.24, 2.45) is 0 Å². The number of carbonyl (C=O) groups is 1. The number of fused-ring (bicyclic) bond motifs is 2. The highest BCUT2D eigenvalue weighted by Crippen LogP contribution is 2.30. The molecule has 9 nitrogen and oxygen atoms in total. The summed E-state index contributed by atoms with van der Waals surface area (Å²) in [7, 11) is 0. The number of aromatic nitrogens is 4. The largest absolute Gasteiger partial charge is 0.492 e. The highest BCUT2D eigenvalue weighted by atomic mass is 16.6. The van der Waals surface area contributed by atoms with E-state index in [0.717, 1.165) is 70.7 Å². The van der Waals surface area contributed by atoms with E-state index in [0.29, 0.717) is 43.7 Å². The van der Waals surface area contributed by atoms with Gasteiger partial charge in [0.15, 0.2) is 0 Å². The van der Waals surface area contributed by atoms with E-state index in [1.54, 1.807) is 6.07 Å². The number of carbonyl (C=O) groups excluding carboxylic acids is 1. The summed E-state index contributed by atoms with van der Waals surface area (Å²) >= 11 is 0. The van der Waals surface area contributed by atoms with E-state index in [9.17, 15) is 4.79 Å². The minimum absolute atomic E-state index is 0.335. The highest BCUT2D eigenvalue weighted by molar-refractivity contribution is 5.94. The minimum atomic E-state index is -0.562. The Hall–Kier alpha value is -4.76. The smallest absolute Gasteiger partial charge is 0.338 e. The van der Waals surface area contributed by atoms with Crippen LogP contribution in [0.4, 0.5) is 0 Å². The van der Waals surface area contributed by atoms with E-state index in [2.05, 4.69) is 44.8 Å². The number of nitrogens with zero attached hydrogens (tertiary/aromatic N) is 5. The zero-order valence-electron chi connectivity index (χ0n) is 26.6. The molecule has 0 radical (unpaired) electrons. The molecule has 5 aromatic rings. The Morgan fingerprint density at radius 1 is 0.957 bits per heavy atom. The number of benzene rings is 2. The summed E-state index contributed by atoms with van der Waals surface area (Å²) in [4.78, 5) is 29.7. The molecular weight excluding hydrogens is 578 g/mol. The van der Waals surface area contributed by atoms with Gasteiger partial charge < -0.3 is 18.8 Å². The van der Waals surface area contributed by atoms with Gasteiger partial charge in [0, 0.05) is 29.3 Å². The molecule has 2 aliphatic heterocycles. The van der Waals surface area contributed by atoms with Crippen molar-refractivity contribution in [2.75, 3.05) is 19.7 Å². The van der Waals surface area contributed by atoms with Crippen molar-refractivity contribution in [3.05, 3.63) is 108 Å². The quantitative estimate of drug-likeness (QED) is 0.167. The third kappa shape index (κ3) is 6.74. The standard InChI is InChI=1S/C37H39N5O4/c1-37(2,3)46-36(43)27-11-12-32-33(20-27)42(22-30-15-18-44-30)34(39-32)23-41-16-13-25(14-17-41)31-9-6-10-35(40-31)45-24-29-19-26-7-4-5-8-28(26)21-38-29/h4-12,15,19-21,25H,13-14,16-18,22-24H2,1-3H3. The summed E-state index contributed by atoms with van der Waals surface area (Å²) in [5, 5.41) is 2.27. The molecule has 9 heteroatoms. The summed E-state index contributed by atoms with van der Waals surface area (Å²) in [6.07, 6.45) is 5.97. The van der Waals surface area contributed by atoms with Gasteiger partial charge in [-0.25, -0.2) is 14.8 Å².